The lowest BCUT2D eigenvalue weighted by atomic mass is 10.1. The van der Waals surface area contributed by atoms with Crippen LogP contribution in [0.2, 0.25) is 4.34 Å². The van der Waals surface area contributed by atoms with E-state index in [2.05, 4.69) is 10.3 Å². The summed E-state index contributed by atoms with van der Waals surface area (Å²) in [4.78, 5) is 17.6. The highest BCUT2D eigenvalue weighted by Crippen LogP contribution is 2.32. The number of rotatable bonds is 5. The summed E-state index contributed by atoms with van der Waals surface area (Å²) in [5.41, 5.74) is 1.85. The van der Waals surface area contributed by atoms with Crippen molar-refractivity contribution < 1.29 is 13.2 Å². The van der Waals surface area contributed by atoms with Crippen molar-refractivity contribution in [2.45, 2.75) is 5.75 Å². The molecule has 9 heteroatoms. The summed E-state index contributed by atoms with van der Waals surface area (Å²) in [6, 6.07) is 10.2. The number of anilines is 1. The molecule has 0 fully saturated rings. The van der Waals surface area contributed by atoms with E-state index >= 15 is 0 Å². The molecule has 5 nitrogen and oxygen atoms in total. The highest BCUT2D eigenvalue weighted by Gasteiger charge is 2.12. The molecule has 3 aromatic rings. The van der Waals surface area contributed by atoms with Gasteiger partial charge in [-0.2, -0.15) is 0 Å². The number of aromatic nitrogens is 1. The van der Waals surface area contributed by atoms with Gasteiger partial charge in [0.15, 0.2) is 15.0 Å². The summed E-state index contributed by atoms with van der Waals surface area (Å²) in [5.74, 6) is -0.343. The molecule has 1 amide bonds. The van der Waals surface area contributed by atoms with Crippen molar-refractivity contribution in [3.63, 3.8) is 0 Å². The third kappa shape index (κ3) is 4.88. The number of nitrogens with zero attached hydrogens (tertiary/aromatic N) is 1. The number of halogens is 1. The molecule has 0 bridgehead atoms. The molecule has 1 N–H and O–H groups in total. The van der Waals surface area contributed by atoms with E-state index in [1.54, 1.807) is 30.3 Å². The molecule has 0 atom stereocenters. The topological polar surface area (TPSA) is 76.1 Å². The first-order valence-electron chi connectivity index (χ1n) is 7.09. The molecular weight excluding hydrogens is 400 g/mol. The number of carbonyl (C=O) groups excluding carboxylic acids is 1. The molecule has 0 spiro atoms. The predicted octanol–water partition coefficient (Wildman–Crippen LogP) is 4.32. The van der Waals surface area contributed by atoms with Gasteiger partial charge in [0.2, 0.25) is 0 Å². The molecule has 2 aromatic heterocycles. The van der Waals surface area contributed by atoms with Crippen molar-refractivity contribution in [3.8, 4) is 10.6 Å². The minimum Gasteiger partial charge on any atom is -0.298 e. The summed E-state index contributed by atoms with van der Waals surface area (Å²) in [6.07, 6.45) is 1.18. The highest BCUT2D eigenvalue weighted by molar-refractivity contribution is 7.89. The number of nitrogens with one attached hydrogen (secondary N) is 1. The van der Waals surface area contributed by atoms with Crippen LogP contribution in [-0.4, -0.2) is 25.6 Å². The van der Waals surface area contributed by atoms with Gasteiger partial charge in [0, 0.05) is 17.2 Å². The molecule has 0 aliphatic rings. The standard InChI is InChI=1S/C16H13ClN2O3S3/c1-25(21,22)9-10-2-4-11(5-3-10)15(20)19-16-18-12(8-23-16)13-6-7-14(17)24-13/h2-8H,9H2,1H3,(H,18,19,20). The summed E-state index contributed by atoms with van der Waals surface area (Å²) in [7, 11) is -3.10. The summed E-state index contributed by atoms with van der Waals surface area (Å²) in [6.45, 7) is 0. The zero-order valence-corrected chi connectivity index (χ0v) is 16.2. The van der Waals surface area contributed by atoms with E-state index in [9.17, 15) is 13.2 Å². The Labute approximate surface area is 158 Å². The minimum atomic E-state index is -3.10. The molecule has 25 heavy (non-hydrogen) atoms. The van der Waals surface area contributed by atoms with Gasteiger partial charge in [-0.15, -0.1) is 22.7 Å². The molecule has 3 rings (SSSR count). The first-order chi connectivity index (χ1) is 11.8. The van der Waals surface area contributed by atoms with Gasteiger partial charge in [0.1, 0.15) is 0 Å². The molecule has 0 saturated heterocycles. The minimum absolute atomic E-state index is 0.0475. The van der Waals surface area contributed by atoms with Gasteiger partial charge < -0.3 is 0 Å². The lowest BCUT2D eigenvalue weighted by Gasteiger charge is -2.03. The van der Waals surface area contributed by atoms with E-state index in [0.29, 0.717) is 20.6 Å². The predicted molar refractivity (Wildman–Crippen MR) is 103 cm³/mol. The number of thiophene rings is 1. The zero-order valence-electron chi connectivity index (χ0n) is 13.0. The quantitative estimate of drug-likeness (QED) is 0.676. The summed E-state index contributed by atoms with van der Waals surface area (Å²) in [5, 5.41) is 5.09. The third-order valence-corrected chi connectivity index (χ3v) is 6.06. The van der Waals surface area contributed by atoms with Crippen molar-refractivity contribution in [1.82, 2.24) is 4.98 Å². The fourth-order valence-corrected chi connectivity index (χ4v) is 4.70. The van der Waals surface area contributed by atoms with Gasteiger partial charge in [-0.1, -0.05) is 23.7 Å². The van der Waals surface area contributed by atoms with Crippen LogP contribution in [0.1, 0.15) is 15.9 Å². The van der Waals surface area contributed by atoms with Crippen molar-refractivity contribution in [2.75, 3.05) is 11.6 Å². The average Bonchev–Trinajstić information content (AvgIpc) is 3.15. The molecule has 1 aromatic carbocycles. The van der Waals surface area contributed by atoms with Crippen molar-refractivity contribution in [3.05, 3.63) is 57.2 Å². The Balaban J connectivity index is 1.69. The Bertz CT molecular complexity index is 1010. The molecule has 0 radical (unpaired) electrons. The van der Waals surface area contributed by atoms with Crippen LogP contribution in [0.5, 0.6) is 0 Å². The Hall–Kier alpha value is -1.74. The average molecular weight is 413 g/mol. The monoisotopic (exact) mass is 412 g/mol. The molecular formula is C16H13ClN2O3S3. The van der Waals surface area contributed by atoms with E-state index in [1.165, 1.54) is 28.9 Å². The third-order valence-electron chi connectivity index (χ3n) is 3.20. The molecule has 0 aliphatic carbocycles. The second kappa shape index (κ2) is 7.25. The van der Waals surface area contributed by atoms with Crippen LogP contribution in [0.4, 0.5) is 5.13 Å². The Kier molecular flexibility index (Phi) is 5.24. The van der Waals surface area contributed by atoms with E-state index in [1.807, 2.05) is 11.4 Å². The van der Waals surface area contributed by atoms with Gasteiger partial charge in [-0.3, -0.25) is 10.1 Å². The smallest absolute Gasteiger partial charge is 0.257 e. The second-order valence-electron chi connectivity index (χ2n) is 5.36. The number of sulfone groups is 1. The normalized spacial score (nSPS) is 11.4. The van der Waals surface area contributed by atoms with Gasteiger partial charge in [-0.05, 0) is 29.8 Å². The maximum Gasteiger partial charge on any atom is 0.257 e. The number of hydrogen-bond donors (Lipinski definition) is 1. The van der Waals surface area contributed by atoms with Crippen LogP contribution in [0, 0.1) is 0 Å². The SMILES string of the molecule is CS(=O)(=O)Cc1ccc(C(=O)Nc2nc(-c3ccc(Cl)s3)cs2)cc1. The Morgan fingerprint density at radius 3 is 2.52 bits per heavy atom. The lowest BCUT2D eigenvalue weighted by molar-refractivity contribution is 0.102. The van der Waals surface area contributed by atoms with E-state index in [-0.39, 0.29) is 11.7 Å². The number of carbonyl (C=O) groups is 1. The molecule has 0 saturated carbocycles. The van der Waals surface area contributed by atoms with Crippen molar-refractivity contribution in [1.29, 1.82) is 0 Å². The highest BCUT2D eigenvalue weighted by atomic mass is 35.5. The zero-order chi connectivity index (χ0) is 18.0. The fraction of sp³-hybridized carbons (Fsp3) is 0.125. The lowest BCUT2D eigenvalue weighted by Crippen LogP contribution is -2.11. The van der Waals surface area contributed by atoms with Crippen LogP contribution in [-0.2, 0) is 15.6 Å². The first-order valence-corrected chi connectivity index (χ1v) is 11.2. The largest absolute Gasteiger partial charge is 0.298 e. The van der Waals surface area contributed by atoms with Crippen LogP contribution in [0.3, 0.4) is 0 Å². The van der Waals surface area contributed by atoms with Crippen LogP contribution < -0.4 is 5.32 Å². The Morgan fingerprint density at radius 2 is 1.92 bits per heavy atom. The molecule has 2 heterocycles. The molecule has 0 unspecified atom stereocenters. The van der Waals surface area contributed by atoms with E-state index in [4.69, 9.17) is 11.6 Å². The second-order valence-corrected chi connectivity index (χ2v) is 10.1. The van der Waals surface area contributed by atoms with Crippen molar-refractivity contribution >= 4 is 55.2 Å². The van der Waals surface area contributed by atoms with Gasteiger partial charge in [-0.25, -0.2) is 13.4 Å². The maximum atomic E-state index is 12.3. The number of benzene rings is 1. The van der Waals surface area contributed by atoms with E-state index in [0.717, 1.165) is 10.6 Å². The number of thiazole rings is 1. The molecule has 0 aliphatic heterocycles. The van der Waals surface area contributed by atoms with E-state index < -0.39 is 9.84 Å². The fourth-order valence-electron chi connectivity index (χ4n) is 2.12. The molecule has 130 valence electrons. The van der Waals surface area contributed by atoms with Crippen LogP contribution in [0.25, 0.3) is 10.6 Å². The number of hydrogen-bond acceptors (Lipinski definition) is 6. The summed E-state index contributed by atoms with van der Waals surface area (Å²) >= 11 is 8.67. The Morgan fingerprint density at radius 1 is 1.20 bits per heavy atom. The number of amides is 1. The van der Waals surface area contributed by atoms with Gasteiger partial charge in [0.05, 0.1) is 20.7 Å². The van der Waals surface area contributed by atoms with Crippen LogP contribution >= 0.6 is 34.3 Å². The first kappa shape index (κ1) is 18.1. The van der Waals surface area contributed by atoms with Crippen LogP contribution in [0.15, 0.2) is 41.8 Å². The van der Waals surface area contributed by atoms with Gasteiger partial charge in [0.25, 0.3) is 5.91 Å². The van der Waals surface area contributed by atoms with Gasteiger partial charge >= 0.3 is 0 Å². The summed E-state index contributed by atoms with van der Waals surface area (Å²) < 4.78 is 23.3. The maximum absolute atomic E-state index is 12.3. The van der Waals surface area contributed by atoms with Crippen molar-refractivity contribution in [2.24, 2.45) is 0 Å².